The first-order valence-corrected chi connectivity index (χ1v) is 10.7. The third-order valence-electron chi connectivity index (χ3n) is 4.90. The molecule has 1 aromatic heterocycles. The summed E-state index contributed by atoms with van der Waals surface area (Å²) in [6.45, 7) is 2.04. The van der Waals surface area contributed by atoms with Crippen molar-refractivity contribution in [2.75, 3.05) is 5.32 Å². The summed E-state index contributed by atoms with van der Waals surface area (Å²) in [4.78, 5) is 32.5. The smallest absolute Gasteiger partial charge is 0.257 e. The molecule has 29 heavy (non-hydrogen) atoms. The lowest BCUT2D eigenvalue weighted by atomic mass is 9.87. The van der Waals surface area contributed by atoms with E-state index < -0.39 is 5.92 Å². The zero-order valence-electron chi connectivity index (χ0n) is 15.5. The highest BCUT2D eigenvalue weighted by atomic mass is 35.5. The van der Waals surface area contributed by atoms with Gasteiger partial charge in [0.1, 0.15) is 5.82 Å². The second-order valence-corrected chi connectivity index (χ2v) is 8.61. The van der Waals surface area contributed by atoms with E-state index in [1.54, 1.807) is 18.2 Å². The van der Waals surface area contributed by atoms with Crippen LogP contribution in [0.15, 0.2) is 52.4 Å². The molecule has 2 heterocycles. The first-order chi connectivity index (χ1) is 13.9. The van der Waals surface area contributed by atoms with Gasteiger partial charge in [-0.05, 0) is 35.7 Å². The molecule has 1 unspecified atom stereocenters. The Balaban J connectivity index is 1.67. The number of fused-ring (bicyclic) bond motifs is 1. The van der Waals surface area contributed by atoms with Crippen molar-refractivity contribution in [2.45, 2.75) is 30.2 Å². The van der Waals surface area contributed by atoms with Crippen molar-refractivity contribution in [1.82, 2.24) is 9.97 Å². The second-order valence-electron chi connectivity index (χ2n) is 6.83. The van der Waals surface area contributed by atoms with Gasteiger partial charge in [0.2, 0.25) is 5.91 Å². The van der Waals surface area contributed by atoms with Gasteiger partial charge < -0.3 is 10.3 Å². The van der Waals surface area contributed by atoms with Crippen molar-refractivity contribution in [1.29, 1.82) is 0 Å². The van der Waals surface area contributed by atoms with Crippen molar-refractivity contribution >= 4 is 46.7 Å². The van der Waals surface area contributed by atoms with Crippen LogP contribution in [-0.4, -0.2) is 15.9 Å². The molecule has 2 N–H and O–H groups in total. The summed E-state index contributed by atoms with van der Waals surface area (Å²) in [6.07, 6.45) is 0.144. The molecule has 4 rings (SSSR count). The van der Waals surface area contributed by atoms with E-state index in [0.29, 0.717) is 32.3 Å². The third kappa shape index (κ3) is 4.20. The Kier molecular flexibility index (Phi) is 5.67. The van der Waals surface area contributed by atoms with Crippen LogP contribution >= 0.6 is 35.0 Å². The molecule has 1 atom stereocenters. The van der Waals surface area contributed by atoms with Gasteiger partial charge in [-0.3, -0.25) is 9.59 Å². The van der Waals surface area contributed by atoms with Crippen LogP contribution in [0.3, 0.4) is 0 Å². The molecular weight excluding hydrogens is 429 g/mol. The normalized spacial score (nSPS) is 15.7. The quantitative estimate of drug-likeness (QED) is 0.429. The Labute approximate surface area is 181 Å². The second kappa shape index (κ2) is 8.22. The lowest BCUT2D eigenvalue weighted by Gasteiger charge is -2.24. The molecular formula is C21H17Cl2N3O2S. The molecule has 1 aliphatic heterocycles. The summed E-state index contributed by atoms with van der Waals surface area (Å²) in [5, 5.41) is 4.00. The van der Waals surface area contributed by atoms with Crippen LogP contribution < -0.4 is 10.9 Å². The zero-order valence-corrected chi connectivity index (χ0v) is 17.8. The van der Waals surface area contributed by atoms with E-state index in [1.165, 1.54) is 17.3 Å². The average Bonchev–Trinajstić information content (AvgIpc) is 2.68. The minimum Gasteiger partial charge on any atom is -0.310 e. The lowest BCUT2D eigenvalue weighted by molar-refractivity contribution is -0.116. The van der Waals surface area contributed by atoms with Gasteiger partial charge in [-0.15, -0.1) is 0 Å². The molecule has 1 aliphatic rings. The number of aryl methyl sites for hydroxylation is 1. The molecule has 0 spiro atoms. The number of amides is 1. The van der Waals surface area contributed by atoms with Gasteiger partial charge in [0.25, 0.3) is 5.56 Å². The van der Waals surface area contributed by atoms with Crippen molar-refractivity contribution in [2.24, 2.45) is 0 Å². The van der Waals surface area contributed by atoms with E-state index >= 15 is 0 Å². The minimum atomic E-state index is -0.430. The number of H-pyrrole nitrogens is 1. The van der Waals surface area contributed by atoms with E-state index in [9.17, 15) is 9.59 Å². The highest BCUT2D eigenvalue weighted by molar-refractivity contribution is 7.98. The lowest BCUT2D eigenvalue weighted by Crippen LogP contribution is -2.31. The maximum atomic E-state index is 12.9. The number of carbonyl (C=O) groups excluding carboxylic acids is 1. The summed E-state index contributed by atoms with van der Waals surface area (Å²) < 4.78 is 0. The van der Waals surface area contributed by atoms with Crippen LogP contribution in [-0.2, 0) is 10.5 Å². The Morgan fingerprint density at radius 1 is 1.14 bits per heavy atom. The van der Waals surface area contributed by atoms with E-state index in [4.69, 9.17) is 23.2 Å². The van der Waals surface area contributed by atoms with Crippen molar-refractivity contribution < 1.29 is 4.79 Å². The maximum absolute atomic E-state index is 12.9. The minimum absolute atomic E-state index is 0.144. The summed E-state index contributed by atoms with van der Waals surface area (Å²) in [5.41, 5.74) is 3.26. The molecule has 0 saturated heterocycles. The molecule has 0 aliphatic carbocycles. The third-order valence-corrected chi connectivity index (χ3v) is 6.56. The molecule has 5 nitrogen and oxygen atoms in total. The number of aromatic amines is 1. The maximum Gasteiger partial charge on any atom is 0.257 e. The van der Waals surface area contributed by atoms with E-state index in [0.717, 1.165) is 11.1 Å². The number of nitrogens with zero attached hydrogens (tertiary/aromatic N) is 1. The summed E-state index contributed by atoms with van der Waals surface area (Å²) in [6, 6.07) is 13.2. The van der Waals surface area contributed by atoms with E-state index in [2.05, 4.69) is 15.3 Å². The Morgan fingerprint density at radius 2 is 1.93 bits per heavy atom. The molecule has 0 fully saturated rings. The number of anilines is 1. The van der Waals surface area contributed by atoms with Gasteiger partial charge in [0.05, 0.1) is 15.6 Å². The Bertz CT molecular complexity index is 1160. The number of benzene rings is 2. The Morgan fingerprint density at radius 3 is 2.69 bits per heavy atom. The largest absolute Gasteiger partial charge is 0.310 e. The van der Waals surface area contributed by atoms with E-state index in [-0.39, 0.29) is 17.9 Å². The van der Waals surface area contributed by atoms with Crippen LogP contribution in [0.5, 0.6) is 0 Å². The highest BCUT2D eigenvalue weighted by Crippen LogP contribution is 2.37. The number of thioether (sulfide) groups is 1. The van der Waals surface area contributed by atoms with E-state index in [1.807, 2.05) is 31.2 Å². The van der Waals surface area contributed by atoms with Crippen LogP contribution in [0.25, 0.3) is 0 Å². The first kappa shape index (κ1) is 20.0. The van der Waals surface area contributed by atoms with Crippen LogP contribution in [0.2, 0.25) is 10.0 Å². The van der Waals surface area contributed by atoms with Crippen LogP contribution in [0.1, 0.15) is 34.6 Å². The number of hydrogen-bond donors (Lipinski definition) is 2. The Hall–Kier alpha value is -2.28. The number of hydrogen-bond acceptors (Lipinski definition) is 4. The summed E-state index contributed by atoms with van der Waals surface area (Å²) in [5.74, 6) is 0.341. The molecule has 0 radical (unpaired) electrons. The summed E-state index contributed by atoms with van der Waals surface area (Å²) in [7, 11) is 0. The van der Waals surface area contributed by atoms with Crippen molar-refractivity contribution in [3.63, 3.8) is 0 Å². The van der Waals surface area contributed by atoms with Gasteiger partial charge in [0.15, 0.2) is 5.16 Å². The zero-order chi connectivity index (χ0) is 20.5. The number of aromatic nitrogens is 2. The standard InChI is InChI=1S/C21H17Cl2N3O2S/c1-11-4-2-3-5-13(11)10-29-21-25-19-18(20(28)26-21)14(9-17(27)24-19)12-6-7-15(22)16(23)8-12/h2-8,14H,9-10H2,1H3,(H2,24,25,26,27,28). The first-order valence-electron chi connectivity index (χ1n) is 8.98. The molecule has 0 bridgehead atoms. The fraction of sp³-hybridized carbons (Fsp3) is 0.190. The fourth-order valence-corrected chi connectivity index (χ4v) is 4.59. The van der Waals surface area contributed by atoms with Gasteiger partial charge in [-0.1, -0.05) is 65.3 Å². The monoisotopic (exact) mass is 445 g/mol. The van der Waals surface area contributed by atoms with Gasteiger partial charge in [-0.25, -0.2) is 4.98 Å². The number of rotatable bonds is 4. The molecule has 0 saturated carbocycles. The molecule has 1 amide bonds. The average molecular weight is 446 g/mol. The van der Waals surface area contributed by atoms with Crippen LogP contribution in [0.4, 0.5) is 5.82 Å². The van der Waals surface area contributed by atoms with Gasteiger partial charge >= 0.3 is 0 Å². The molecule has 148 valence electrons. The topological polar surface area (TPSA) is 74.8 Å². The SMILES string of the molecule is Cc1ccccc1CSc1nc2c(c(=O)[nH]1)C(c1ccc(Cl)c(Cl)c1)CC(=O)N2. The number of halogens is 2. The van der Waals surface area contributed by atoms with Crippen molar-refractivity contribution in [3.8, 4) is 0 Å². The molecule has 2 aromatic carbocycles. The number of carbonyl (C=O) groups is 1. The summed E-state index contributed by atoms with van der Waals surface area (Å²) >= 11 is 13.6. The van der Waals surface area contributed by atoms with Crippen molar-refractivity contribution in [3.05, 3.63) is 85.1 Å². The van der Waals surface area contributed by atoms with Gasteiger partial charge in [-0.2, -0.15) is 0 Å². The van der Waals surface area contributed by atoms with Gasteiger partial charge in [0, 0.05) is 18.1 Å². The molecule has 3 aromatic rings. The predicted octanol–water partition coefficient (Wildman–Crippen LogP) is 5.15. The number of nitrogens with one attached hydrogen (secondary N) is 2. The highest BCUT2D eigenvalue weighted by Gasteiger charge is 2.31. The molecule has 8 heteroatoms. The fourth-order valence-electron chi connectivity index (χ4n) is 3.35. The van der Waals surface area contributed by atoms with Crippen LogP contribution in [0, 0.1) is 6.92 Å². The predicted molar refractivity (Wildman–Crippen MR) is 117 cm³/mol.